The Hall–Kier alpha value is -4.29. The van der Waals surface area contributed by atoms with Gasteiger partial charge in [-0.1, -0.05) is 27.2 Å². The number of nitrogens with one attached hydrogen (secondary N) is 4. The summed E-state index contributed by atoms with van der Waals surface area (Å²) in [7, 11) is 1.61. The number of carbonyl (C=O) groups excluding carboxylic acids is 5. The van der Waals surface area contributed by atoms with E-state index in [4.69, 9.17) is 0 Å². The van der Waals surface area contributed by atoms with Crippen LogP contribution in [-0.4, -0.2) is 61.7 Å². The number of pyridine rings is 1. The molecule has 2 heterocycles. The molecule has 2 aromatic rings. The number of aromatic nitrogens is 3. The summed E-state index contributed by atoms with van der Waals surface area (Å²) in [6.45, 7) is 8.46. The molecule has 0 aromatic carbocycles. The fraction of sp³-hybridized carbons (Fsp3) is 0.606. The molecule has 4 amide bonds. The summed E-state index contributed by atoms with van der Waals surface area (Å²) in [5.41, 5.74) is -0.827. The number of fused-ring (bicyclic) bond motifs is 2. The van der Waals surface area contributed by atoms with E-state index in [1.165, 1.54) is 27.6 Å². The molecule has 2 saturated carbocycles. The molecule has 13 heteroatoms. The van der Waals surface area contributed by atoms with Crippen molar-refractivity contribution >= 4 is 35.1 Å². The third-order valence-electron chi connectivity index (χ3n) is 9.45. The third kappa shape index (κ3) is 8.29. The van der Waals surface area contributed by atoms with Crippen LogP contribution in [-0.2, 0) is 32.8 Å². The molecule has 0 spiro atoms. The van der Waals surface area contributed by atoms with Gasteiger partial charge in [0.2, 0.25) is 17.6 Å². The zero-order chi connectivity index (χ0) is 33.6. The summed E-state index contributed by atoms with van der Waals surface area (Å²) in [6.07, 6.45) is 10.1. The van der Waals surface area contributed by atoms with E-state index >= 15 is 0 Å². The Morgan fingerprint density at radius 1 is 1.11 bits per heavy atom. The van der Waals surface area contributed by atoms with Gasteiger partial charge < -0.3 is 30.4 Å². The number of ketones is 1. The van der Waals surface area contributed by atoms with Crippen molar-refractivity contribution in [2.75, 3.05) is 11.9 Å². The fourth-order valence-electron chi connectivity index (χ4n) is 7.53. The lowest BCUT2D eigenvalue weighted by Crippen LogP contribution is -2.59. The Kier molecular flexibility index (Phi) is 10.8. The first-order valence-corrected chi connectivity index (χ1v) is 16.2. The van der Waals surface area contributed by atoms with Crippen LogP contribution in [0.15, 0.2) is 35.5 Å². The van der Waals surface area contributed by atoms with Crippen molar-refractivity contribution in [2.24, 2.45) is 24.3 Å². The highest BCUT2D eigenvalue weighted by molar-refractivity contribution is 6.36. The first-order valence-electron chi connectivity index (χ1n) is 16.2. The molecule has 2 bridgehead atoms. The van der Waals surface area contributed by atoms with Crippen molar-refractivity contribution in [3.8, 4) is 0 Å². The van der Waals surface area contributed by atoms with Crippen LogP contribution in [0, 0.1) is 17.3 Å². The number of nitrogens with zero attached hydrogens (tertiary/aromatic N) is 3. The minimum atomic E-state index is -1.27. The van der Waals surface area contributed by atoms with E-state index in [9.17, 15) is 28.8 Å². The number of hydrogen-bond donors (Lipinski definition) is 4. The van der Waals surface area contributed by atoms with E-state index in [1.54, 1.807) is 26.2 Å². The maximum absolute atomic E-state index is 13.4. The molecule has 5 atom stereocenters. The number of hydrogen-bond acceptors (Lipinski definition) is 7. The molecule has 4 unspecified atom stereocenters. The summed E-state index contributed by atoms with van der Waals surface area (Å²) in [5, 5.41) is 10.8. The molecule has 2 aliphatic carbocycles. The molecule has 4 N–H and O–H groups in total. The van der Waals surface area contributed by atoms with Gasteiger partial charge in [-0.3, -0.25) is 28.8 Å². The van der Waals surface area contributed by atoms with E-state index in [1.807, 2.05) is 0 Å². The number of likely N-dealkylation sites (N-methyl/N-ethyl adjacent to an activating group) is 1. The highest BCUT2D eigenvalue weighted by Crippen LogP contribution is 2.53. The van der Waals surface area contributed by atoms with Crippen LogP contribution >= 0.6 is 0 Å². The van der Waals surface area contributed by atoms with Gasteiger partial charge >= 0.3 is 0 Å². The van der Waals surface area contributed by atoms with Crippen LogP contribution in [0.4, 0.5) is 5.69 Å². The topological polar surface area (TPSA) is 173 Å². The van der Waals surface area contributed by atoms with Crippen molar-refractivity contribution in [1.82, 2.24) is 30.1 Å². The predicted octanol–water partition coefficient (Wildman–Crippen LogP) is 2.31. The lowest BCUT2D eigenvalue weighted by atomic mass is 9.55. The van der Waals surface area contributed by atoms with Gasteiger partial charge in [-0.05, 0) is 74.8 Å². The fourth-order valence-corrected chi connectivity index (χ4v) is 7.53. The highest BCUT2D eigenvalue weighted by atomic mass is 16.2. The molecule has 250 valence electrons. The summed E-state index contributed by atoms with van der Waals surface area (Å²) < 4.78 is 2.71. The first kappa shape index (κ1) is 34.6. The zero-order valence-corrected chi connectivity index (χ0v) is 27.5. The monoisotopic (exact) mass is 637 g/mol. The van der Waals surface area contributed by atoms with Gasteiger partial charge in [-0.15, -0.1) is 0 Å². The highest BCUT2D eigenvalue weighted by Gasteiger charge is 2.49. The van der Waals surface area contributed by atoms with E-state index in [0.29, 0.717) is 11.8 Å². The number of rotatable bonds is 13. The van der Waals surface area contributed by atoms with Crippen molar-refractivity contribution < 1.29 is 24.0 Å². The van der Waals surface area contributed by atoms with Crippen LogP contribution in [0.2, 0.25) is 0 Å². The molecule has 2 fully saturated rings. The maximum Gasteiger partial charge on any atom is 0.287 e. The second-order valence-corrected chi connectivity index (χ2v) is 13.5. The molecular formula is C33H47N7O6. The van der Waals surface area contributed by atoms with Crippen LogP contribution in [0.5, 0.6) is 0 Å². The van der Waals surface area contributed by atoms with Gasteiger partial charge in [-0.25, -0.2) is 4.98 Å². The average Bonchev–Trinajstić information content (AvgIpc) is 3.41. The number of anilines is 1. The lowest BCUT2D eigenvalue weighted by Gasteiger charge is -2.54. The Bertz CT molecular complexity index is 1530. The van der Waals surface area contributed by atoms with E-state index in [0.717, 1.165) is 38.5 Å². The Balaban J connectivity index is 1.47. The van der Waals surface area contributed by atoms with Crippen molar-refractivity contribution in [3.05, 3.63) is 46.9 Å². The van der Waals surface area contributed by atoms with Crippen molar-refractivity contribution in [2.45, 2.75) is 97.2 Å². The van der Waals surface area contributed by atoms with Crippen LogP contribution in [0.3, 0.4) is 0 Å². The third-order valence-corrected chi connectivity index (χ3v) is 9.45. The summed E-state index contributed by atoms with van der Waals surface area (Å²) >= 11 is 0. The second-order valence-electron chi connectivity index (χ2n) is 13.5. The molecule has 2 aliphatic rings. The quantitative estimate of drug-likeness (QED) is 0.244. The SMILES string of the molecule is CCNC(=O)C(=O)CC[C@H](NC(=O)c1nccn1C)C(=O)Nc1cccn(CC(=O)NC23CC(C)CC(CC(C)(CC)C2)C3)c1=O. The van der Waals surface area contributed by atoms with E-state index < -0.39 is 35.1 Å². The summed E-state index contributed by atoms with van der Waals surface area (Å²) in [5.74, 6) is -2.11. The molecule has 46 heavy (non-hydrogen) atoms. The number of imidazole rings is 1. The normalized spacial score (nSPS) is 24.4. The zero-order valence-electron chi connectivity index (χ0n) is 27.5. The smallest absolute Gasteiger partial charge is 0.287 e. The first-order chi connectivity index (χ1) is 21.8. The Morgan fingerprint density at radius 3 is 2.54 bits per heavy atom. The average molecular weight is 638 g/mol. The Labute approximate surface area is 269 Å². The molecule has 2 aromatic heterocycles. The van der Waals surface area contributed by atoms with E-state index in [-0.39, 0.29) is 54.3 Å². The molecule has 13 nitrogen and oxygen atoms in total. The van der Waals surface area contributed by atoms with Gasteiger partial charge in [0, 0.05) is 44.1 Å². The van der Waals surface area contributed by atoms with E-state index in [2.05, 4.69) is 47.0 Å². The molecule has 4 rings (SSSR count). The minimum Gasteiger partial charge on any atom is -0.350 e. The largest absolute Gasteiger partial charge is 0.350 e. The summed E-state index contributed by atoms with van der Waals surface area (Å²) in [4.78, 5) is 81.4. The predicted molar refractivity (Wildman–Crippen MR) is 172 cm³/mol. The minimum absolute atomic E-state index is 0.0382. The number of carbonyl (C=O) groups is 5. The van der Waals surface area contributed by atoms with Crippen molar-refractivity contribution in [3.63, 3.8) is 0 Å². The van der Waals surface area contributed by atoms with Crippen LogP contribution in [0.1, 0.15) is 89.7 Å². The number of Topliss-reactive ketones (excluding diaryl/α,β-unsaturated/α-hetero) is 1. The Morgan fingerprint density at radius 2 is 1.87 bits per heavy atom. The molecule has 0 radical (unpaired) electrons. The second kappa shape index (κ2) is 14.4. The van der Waals surface area contributed by atoms with Gasteiger partial charge in [0.1, 0.15) is 18.3 Å². The number of amides is 4. The van der Waals surface area contributed by atoms with Gasteiger partial charge in [-0.2, -0.15) is 0 Å². The van der Waals surface area contributed by atoms with Gasteiger partial charge in [0.25, 0.3) is 17.4 Å². The van der Waals surface area contributed by atoms with Crippen molar-refractivity contribution in [1.29, 1.82) is 0 Å². The van der Waals surface area contributed by atoms with Gasteiger partial charge in [0.15, 0.2) is 5.82 Å². The maximum atomic E-state index is 13.4. The standard InChI is InChI=1S/C33H47N7O6/c1-6-32(4)17-22-15-21(3)16-33(18-22,20-32)38-26(42)19-40-13-8-9-24(31(40)46)37-28(43)23(10-11-25(41)29(44)34-7-2)36-30(45)27-35-12-14-39(27)5/h8-9,12-14,21-23H,6-7,10-11,15-20H2,1-5H3,(H,34,44)(H,36,45)(H,37,43)(H,38,42)/t21?,22?,23-,32?,33?/m0/s1. The van der Waals surface area contributed by atoms with Crippen LogP contribution in [0.25, 0.3) is 0 Å². The molecular weight excluding hydrogens is 590 g/mol. The van der Waals surface area contributed by atoms with Gasteiger partial charge in [0.05, 0.1) is 0 Å². The lowest BCUT2D eigenvalue weighted by molar-refractivity contribution is -0.138. The van der Waals surface area contributed by atoms with Crippen LogP contribution < -0.4 is 26.8 Å². The summed E-state index contributed by atoms with van der Waals surface area (Å²) in [6, 6.07) is 1.70. The number of aryl methyl sites for hydroxylation is 1. The molecule has 0 saturated heterocycles. The molecule has 0 aliphatic heterocycles.